The molecule has 2 bridgehead atoms. The van der Waals surface area contributed by atoms with Crippen LogP contribution in [0.1, 0.15) is 45.4 Å². The number of ether oxygens (including phenoxy) is 1. The molecule has 7 atom stereocenters. The van der Waals surface area contributed by atoms with Crippen molar-refractivity contribution in [2.24, 2.45) is 11.8 Å². The summed E-state index contributed by atoms with van der Waals surface area (Å²) in [4.78, 5) is 44.8. The Hall–Kier alpha value is -1.32. The van der Waals surface area contributed by atoms with Gasteiger partial charge in [-0.25, -0.2) is 0 Å². The molecule has 3 saturated heterocycles. The molecule has 0 radical (unpaired) electrons. The first-order valence-electron chi connectivity index (χ1n) is 12.3. The van der Waals surface area contributed by atoms with Crippen molar-refractivity contribution in [3.63, 3.8) is 0 Å². The summed E-state index contributed by atoms with van der Waals surface area (Å²) in [6.07, 6.45) is 9.10. The summed E-state index contributed by atoms with van der Waals surface area (Å²) < 4.78 is 4.67. The number of aliphatic hydroxyl groups is 1. The molecule has 0 aromatic rings. The Labute approximate surface area is 214 Å². The molecule has 34 heavy (non-hydrogen) atoms. The summed E-state index contributed by atoms with van der Waals surface area (Å²) in [7, 11) is 0. The zero-order valence-corrected chi connectivity index (χ0v) is 22.1. The second-order valence-electron chi connectivity index (χ2n) is 9.93. The molecule has 2 amide bonds. The number of rotatable bonds is 9. The number of fused-ring (bicyclic) bond motifs is 1. The number of carbonyl (C=O) groups is 3. The van der Waals surface area contributed by atoms with Crippen LogP contribution in [-0.4, -0.2) is 85.4 Å². The van der Waals surface area contributed by atoms with Gasteiger partial charge < -0.3 is 19.6 Å². The monoisotopic (exact) mass is 554 g/mol. The van der Waals surface area contributed by atoms with Crippen LogP contribution in [0, 0.1) is 11.8 Å². The summed E-state index contributed by atoms with van der Waals surface area (Å²) in [6.45, 7) is 9.52. The zero-order chi connectivity index (χ0) is 24.6. The van der Waals surface area contributed by atoms with E-state index in [9.17, 15) is 19.5 Å². The molecule has 7 nitrogen and oxygen atoms in total. The first-order valence-corrected chi connectivity index (χ1v) is 14.1. The van der Waals surface area contributed by atoms with Crippen LogP contribution in [0.3, 0.4) is 0 Å². The molecular weight excluding hydrogens is 520 g/mol. The molecule has 9 heteroatoms. The molecule has 0 aromatic carbocycles. The Kier molecular flexibility index (Phi) is 7.84. The molecule has 1 spiro atoms. The number of halogens is 1. The third-order valence-electron chi connectivity index (χ3n) is 7.94. The van der Waals surface area contributed by atoms with E-state index in [2.05, 4.69) is 29.1 Å². The van der Waals surface area contributed by atoms with Crippen molar-refractivity contribution < 1.29 is 24.2 Å². The van der Waals surface area contributed by atoms with Crippen LogP contribution in [0.4, 0.5) is 0 Å². The number of hydrogen-bond donors (Lipinski definition) is 1. The van der Waals surface area contributed by atoms with E-state index < -0.39 is 34.6 Å². The van der Waals surface area contributed by atoms with Gasteiger partial charge in [0.2, 0.25) is 11.8 Å². The van der Waals surface area contributed by atoms with E-state index in [1.165, 1.54) is 12.5 Å². The van der Waals surface area contributed by atoms with Gasteiger partial charge in [-0.05, 0) is 26.2 Å². The molecule has 1 N–H and O–H groups in total. The minimum Gasteiger partial charge on any atom is -0.461 e. The first kappa shape index (κ1) is 25.8. The number of amides is 2. The van der Waals surface area contributed by atoms with Crippen LogP contribution >= 0.6 is 27.7 Å². The van der Waals surface area contributed by atoms with Gasteiger partial charge in [-0.15, -0.1) is 18.3 Å². The lowest BCUT2D eigenvalue weighted by molar-refractivity contribution is -0.153. The molecule has 3 heterocycles. The van der Waals surface area contributed by atoms with Crippen LogP contribution in [-0.2, 0) is 19.1 Å². The minimum atomic E-state index is -0.735. The predicted molar refractivity (Wildman–Crippen MR) is 136 cm³/mol. The molecule has 4 rings (SSSR count). The molecule has 1 saturated carbocycles. The Morgan fingerprint density at radius 3 is 2.65 bits per heavy atom. The number of nitrogens with zero attached hydrogens (tertiary/aromatic N) is 2. The maximum Gasteiger partial charge on any atom is 0.311 e. The largest absolute Gasteiger partial charge is 0.461 e. The highest BCUT2D eigenvalue weighted by Gasteiger charge is 2.76. The highest BCUT2D eigenvalue weighted by atomic mass is 79.9. The number of carbonyl (C=O) groups excluding carboxylic acids is 3. The lowest BCUT2D eigenvalue weighted by Gasteiger charge is -2.42. The fraction of sp³-hybridized carbons (Fsp3) is 0.720. The molecule has 1 aliphatic carbocycles. The lowest BCUT2D eigenvalue weighted by atomic mass is 9.71. The predicted octanol–water partition coefficient (Wildman–Crippen LogP) is 2.91. The fourth-order valence-corrected chi connectivity index (χ4v) is 10.1. The average Bonchev–Trinajstić information content (AvgIpc) is 3.44. The number of alkyl halides is 1. The fourth-order valence-electron chi connectivity index (χ4n) is 6.52. The van der Waals surface area contributed by atoms with Crippen LogP contribution in [0.5, 0.6) is 0 Å². The van der Waals surface area contributed by atoms with Crippen molar-refractivity contribution in [3.8, 4) is 0 Å². The Morgan fingerprint density at radius 2 is 2.03 bits per heavy atom. The maximum absolute atomic E-state index is 14.3. The summed E-state index contributed by atoms with van der Waals surface area (Å²) in [5, 5.41) is 9.88. The standard InChI is InChI=1S/C25H35BrN2O5S/c1-4-11-27(16-9-7-6-8-10-16)23(31)21-25-13-17(26)20(34-25)18(24(32)33-12-5-2)19(25)22(30)28(21)15(3)14-29/h4-5,15-21,29H,1-2,6-14H2,3H3/t15-,17?,18-,19+,20-,21?,25?/m1/s1. The Morgan fingerprint density at radius 1 is 1.32 bits per heavy atom. The molecule has 188 valence electrons. The molecule has 3 aliphatic heterocycles. The van der Waals surface area contributed by atoms with Gasteiger partial charge in [0.15, 0.2) is 0 Å². The van der Waals surface area contributed by atoms with E-state index in [1.54, 1.807) is 29.7 Å². The molecule has 4 aliphatic rings. The molecule has 0 aromatic heterocycles. The summed E-state index contributed by atoms with van der Waals surface area (Å²) >= 11 is 5.34. The zero-order valence-electron chi connectivity index (χ0n) is 19.7. The van der Waals surface area contributed by atoms with Gasteiger partial charge in [0, 0.05) is 22.7 Å². The van der Waals surface area contributed by atoms with Crippen LogP contribution < -0.4 is 0 Å². The number of hydrogen-bond acceptors (Lipinski definition) is 6. The summed E-state index contributed by atoms with van der Waals surface area (Å²) in [6, 6.07) is -1.15. The van der Waals surface area contributed by atoms with Crippen molar-refractivity contribution in [2.75, 3.05) is 19.8 Å². The number of aliphatic hydroxyl groups excluding tert-OH is 1. The van der Waals surface area contributed by atoms with Crippen LogP contribution in [0.25, 0.3) is 0 Å². The van der Waals surface area contributed by atoms with E-state index in [0.717, 1.165) is 25.7 Å². The number of thioether (sulfide) groups is 1. The third-order valence-corrected chi connectivity index (χ3v) is 11.2. The second-order valence-corrected chi connectivity index (χ2v) is 12.6. The summed E-state index contributed by atoms with van der Waals surface area (Å²) in [5.41, 5.74) is 0. The average molecular weight is 556 g/mol. The normalized spacial score (nSPS) is 35.7. The smallest absolute Gasteiger partial charge is 0.311 e. The highest BCUT2D eigenvalue weighted by Crippen LogP contribution is 2.68. The topological polar surface area (TPSA) is 87.2 Å². The van der Waals surface area contributed by atoms with Crippen molar-refractivity contribution in [2.45, 2.75) is 78.4 Å². The van der Waals surface area contributed by atoms with Gasteiger partial charge in [0.25, 0.3) is 0 Å². The maximum atomic E-state index is 14.3. The van der Waals surface area contributed by atoms with E-state index in [-0.39, 0.29) is 41.1 Å². The van der Waals surface area contributed by atoms with Gasteiger partial charge >= 0.3 is 5.97 Å². The van der Waals surface area contributed by atoms with Crippen molar-refractivity contribution in [1.29, 1.82) is 0 Å². The van der Waals surface area contributed by atoms with Gasteiger partial charge in [-0.3, -0.25) is 14.4 Å². The molecular formula is C25H35BrN2O5S. The van der Waals surface area contributed by atoms with E-state index in [4.69, 9.17) is 4.74 Å². The second kappa shape index (κ2) is 10.3. The van der Waals surface area contributed by atoms with Crippen molar-refractivity contribution >= 4 is 45.5 Å². The van der Waals surface area contributed by atoms with Gasteiger partial charge in [0.05, 0.1) is 29.2 Å². The SMILES string of the molecule is C=CCOC(=O)[C@H]1[C@@H]2SC3(CC2Br)C(C(=O)N(CC=C)C2CCCCC2)N([C@H](C)CO)C(=O)[C@H]13. The third kappa shape index (κ3) is 4.05. The molecule has 3 unspecified atom stereocenters. The van der Waals surface area contributed by atoms with Crippen molar-refractivity contribution in [3.05, 3.63) is 25.3 Å². The van der Waals surface area contributed by atoms with Gasteiger partial charge in [0.1, 0.15) is 12.6 Å². The minimum absolute atomic E-state index is 0.00921. The lowest BCUT2D eigenvalue weighted by Crippen LogP contribution is -2.59. The summed E-state index contributed by atoms with van der Waals surface area (Å²) in [5.74, 6) is -2.01. The van der Waals surface area contributed by atoms with Crippen LogP contribution in [0.2, 0.25) is 0 Å². The molecule has 4 fully saturated rings. The Balaban J connectivity index is 1.75. The quantitative estimate of drug-likeness (QED) is 0.268. The van der Waals surface area contributed by atoms with E-state index in [1.807, 2.05) is 4.90 Å². The number of likely N-dealkylation sites (tertiary alicyclic amines) is 1. The van der Waals surface area contributed by atoms with E-state index in [0.29, 0.717) is 13.0 Å². The number of esters is 1. The first-order chi connectivity index (χ1) is 16.3. The van der Waals surface area contributed by atoms with Crippen LogP contribution in [0.15, 0.2) is 25.3 Å². The van der Waals surface area contributed by atoms with Crippen molar-refractivity contribution in [1.82, 2.24) is 9.80 Å². The highest BCUT2D eigenvalue weighted by molar-refractivity contribution is 9.09. The van der Waals surface area contributed by atoms with E-state index >= 15 is 0 Å². The van der Waals surface area contributed by atoms with Gasteiger partial charge in [-0.2, -0.15) is 0 Å². The Bertz CT molecular complexity index is 849. The van der Waals surface area contributed by atoms with Gasteiger partial charge in [-0.1, -0.05) is 53.9 Å².